The molecule has 5 nitrogen and oxygen atoms in total. The van der Waals surface area contributed by atoms with Gasteiger partial charge in [0, 0.05) is 23.3 Å². The molecule has 120 valence electrons. The zero-order valence-corrected chi connectivity index (χ0v) is 13.1. The molecule has 1 amide bonds. The van der Waals surface area contributed by atoms with Gasteiger partial charge >= 0.3 is 0 Å². The van der Waals surface area contributed by atoms with Crippen LogP contribution in [0.2, 0.25) is 0 Å². The Bertz CT molecular complexity index is 766. The number of carbonyl (C=O) groups is 1. The first-order valence-corrected chi connectivity index (χ1v) is 8.09. The van der Waals surface area contributed by atoms with Crippen LogP contribution < -0.4 is 0 Å². The number of nitrogens with one attached hydrogen (secondary N) is 1. The Kier molecular flexibility index (Phi) is 3.21. The maximum Gasteiger partial charge on any atom is 0.272 e. The number of amides is 1. The third kappa shape index (κ3) is 2.42. The molecule has 2 fully saturated rings. The van der Waals surface area contributed by atoms with Gasteiger partial charge in [-0.2, -0.15) is 5.10 Å². The quantitative estimate of drug-likeness (QED) is 0.926. The van der Waals surface area contributed by atoms with Crippen LogP contribution in [0, 0.1) is 12.7 Å². The van der Waals surface area contributed by atoms with Gasteiger partial charge in [0.2, 0.25) is 0 Å². The van der Waals surface area contributed by atoms with Gasteiger partial charge in [-0.1, -0.05) is 0 Å². The topological polar surface area (TPSA) is 61.9 Å². The van der Waals surface area contributed by atoms with E-state index in [1.807, 2.05) is 4.90 Å². The van der Waals surface area contributed by atoms with E-state index in [0.717, 1.165) is 32.2 Å². The summed E-state index contributed by atoms with van der Waals surface area (Å²) in [7, 11) is 0. The second-order valence-corrected chi connectivity index (χ2v) is 6.61. The molecule has 1 saturated heterocycles. The maximum absolute atomic E-state index is 13.9. The molecule has 0 bridgehead atoms. The Balaban J connectivity index is 1.63. The van der Waals surface area contributed by atoms with Crippen LogP contribution in [-0.2, 0) is 0 Å². The van der Waals surface area contributed by atoms with Crippen molar-refractivity contribution >= 4 is 5.91 Å². The van der Waals surface area contributed by atoms with Crippen LogP contribution in [0.3, 0.4) is 0 Å². The fraction of sp³-hybridized carbons (Fsp3) is 0.471. The molecule has 23 heavy (non-hydrogen) atoms. The second kappa shape index (κ2) is 5.15. The van der Waals surface area contributed by atoms with Gasteiger partial charge in [-0.25, -0.2) is 4.39 Å². The minimum atomic E-state index is -0.433. The summed E-state index contributed by atoms with van der Waals surface area (Å²) < 4.78 is 13.9. The van der Waals surface area contributed by atoms with Crippen molar-refractivity contribution in [2.75, 3.05) is 6.54 Å². The summed E-state index contributed by atoms with van der Waals surface area (Å²) in [6.45, 7) is 2.60. The van der Waals surface area contributed by atoms with Gasteiger partial charge in [-0.05, 0) is 51.2 Å². The maximum atomic E-state index is 13.9. The molecular formula is C17H19FN4O. The number of hydrogen-bond donors (Lipinski definition) is 1. The second-order valence-electron chi connectivity index (χ2n) is 6.61. The summed E-state index contributed by atoms with van der Waals surface area (Å²) in [5.41, 5.74) is 2.04. The van der Waals surface area contributed by atoms with E-state index < -0.39 is 5.82 Å². The van der Waals surface area contributed by atoms with Crippen molar-refractivity contribution in [2.24, 2.45) is 0 Å². The lowest BCUT2D eigenvalue weighted by atomic mass is 9.99. The number of piperidine rings is 1. The Morgan fingerprint density at radius 3 is 2.91 bits per heavy atom. The highest BCUT2D eigenvalue weighted by Gasteiger charge is 2.51. The summed E-state index contributed by atoms with van der Waals surface area (Å²) in [5, 5.41) is 6.92. The minimum absolute atomic E-state index is 0.0212. The summed E-state index contributed by atoms with van der Waals surface area (Å²) in [4.78, 5) is 18.7. The fourth-order valence-electron chi connectivity index (χ4n) is 3.53. The summed E-state index contributed by atoms with van der Waals surface area (Å²) >= 11 is 0. The molecular weight excluding hydrogens is 295 g/mol. The van der Waals surface area contributed by atoms with Crippen LogP contribution in [0.5, 0.6) is 0 Å². The third-order valence-corrected chi connectivity index (χ3v) is 5.00. The molecule has 1 aliphatic carbocycles. The lowest BCUT2D eigenvalue weighted by Gasteiger charge is -2.35. The van der Waals surface area contributed by atoms with Crippen LogP contribution >= 0.6 is 0 Å². The number of nitrogens with zero attached hydrogens (tertiary/aromatic N) is 3. The predicted molar refractivity (Wildman–Crippen MR) is 83.4 cm³/mol. The highest BCUT2D eigenvalue weighted by molar-refractivity contribution is 5.94. The highest BCUT2D eigenvalue weighted by Crippen LogP contribution is 2.48. The fourth-order valence-corrected chi connectivity index (χ4v) is 3.53. The van der Waals surface area contributed by atoms with Crippen molar-refractivity contribution in [1.29, 1.82) is 0 Å². The molecule has 2 aliphatic rings. The van der Waals surface area contributed by atoms with Crippen LogP contribution in [0.25, 0.3) is 11.3 Å². The molecule has 0 radical (unpaired) electrons. The first-order chi connectivity index (χ1) is 11.1. The minimum Gasteiger partial charge on any atom is -0.332 e. The molecule has 1 N–H and O–H groups in total. The Morgan fingerprint density at radius 2 is 2.13 bits per heavy atom. The van der Waals surface area contributed by atoms with E-state index in [0.29, 0.717) is 22.6 Å². The predicted octanol–water partition coefficient (Wildman–Crippen LogP) is 3.08. The number of aryl methyl sites for hydroxylation is 1. The average Bonchev–Trinajstić information content (AvgIpc) is 3.13. The number of hydrogen-bond acceptors (Lipinski definition) is 3. The molecule has 0 unspecified atom stereocenters. The number of H-pyrrole nitrogens is 1. The summed E-state index contributed by atoms with van der Waals surface area (Å²) in [6, 6.07) is 3.29. The zero-order valence-electron chi connectivity index (χ0n) is 13.1. The number of likely N-dealkylation sites (tertiary alicyclic amines) is 1. The molecule has 3 heterocycles. The monoisotopic (exact) mass is 314 g/mol. The van der Waals surface area contributed by atoms with Crippen LogP contribution in [-0.4, -0.2) is 38.1 Å². The van der Waals surface area contributed by atoms with Crippen LogP contribution in [0.4, 0.5) is 4.39 Å². The average molecular weight is 314 g/mol. The van der Waals surface area contributed by atoms with E-state index in [-0.39, 0.29) is 11.4 Å². The van der Waals surface area contributed by atoms with Gasteiger partial charge in [0.15, 0.2) is 5.82 Å². The van der Waals surface area contributed by atoms with Crippen molar-refractivity contribution in [1.82, 2.24) is 20.1 Å². The Hall–Kier alpha value is -2.24. The number of rotatable bonds is 2. The SMILES string of the molecule is Cc1cc(-c2cc(C(=O)N3CCCCC34CC4)[nH]n2)c(F)cn1. The first kappa shape index (κ1) is 14.4. The molecule has 1 spiro atoms. The number of halogens is 1. The van der Waals surface area contributed by atoms with Gasteiger partial charge in [0.05, 0.1) is 11.9 Å². The van der Waals surface area contributed by atoms with Crippen LogP contribution in [0.1, 0.15) is 48.3 Å². The van der Waals surface area contributed by atoms with Crippen molar-refractivity contribution < 1.29 is 9.18 Å². The Morgan fingerprint density at radius 1 is 1.30 bits per heavy atom. The molecule has 2 aromatic heterocycles. The van der Waals surface area contributed by atoms with Gasteiger partial charge in [-0.15, -0.1) is 0 Å². The molecule has 6 heteroatoms. The largest absolute Gasteiger partial charge is 0.332 e. The smallest absolute Gasteiger partial charge is 0.272 e. The Labute approximate surface area is 133 Å². The number of aromatic nitrogens is 3. The van der Waals surface area contributed by atoms with E-state index in [1.165, 1.54) is 12.6 Å². The molecule has 4 rings (SSSR count). The van der Waals surface area contributed by atoms with E-state index >= 15 is 0 Å². The summed E-state index contributed by atoms with van der Waals surface area (Å²) in [6.07, 6.45) is 6.71. The van der Waals surface area contributed by atoms with Crippen LogP contribution in [0.15, 0.2) is 18.3 Å². The lowest BCUT2D eigenvalue weighted by molar-refractivity contribution is 0.0567. The number of carbonyl (C=O) groups excluding carboxylic acids is 1. The number of pyridine rings is 1. The van der Waals surface area contributed by atoms with Crippen molar-refractivity contribution in [3.05, 3.63) is 35.5 Å². The summed E-state index contributed by atoms with van der Waals surface area (Å²) in [5.74, 6) is -0.454. The van der Waals surface area contributed by atoms with Crippen molar-refractivity contribution in [2.45, 2.75) is 44.6 Å². The molecule has 1 saturated carbocycles. The lowest BCUT2D eigenvalue weighted by Crippen LogP contribution is -2.45. The van der Waals surface area contributed by atoms with Gasteiger partial charge in [0.1, 0.15) is 5.69 Å². The zero-order chi connectivity index (χ0) is 16.0. The van der Waals surface area contributed by atoms with E-state index in [4.69, 9.17) is 0 Å². The van der Waals surface area contributed by atoms with E-state index in [9.17, 15) is 9.18 Å². The van der Waals surface area contributed by atoms with E-state index in [1.54, 1.807) is 19.1 Å². The molecule has 1 aliphatic heterocycles. The van der Waals surface area contributed by atoms with Gasteiger partial charge < -0.3 is 4.90 Å². The standard InChI is InChI=1S/C17H19FN4O/c1-11-8-12(13(18)10-19-11)14-9-15(21-20-14)16(23)22-7-3-2-4-17(22)5-6-17/h8-10H,2-7H2,1H3,(H,20,21). The molecule has 0 aromatic carbocycles. The van der Waals surface area contributed by atoms with Crippen molar-refractivity contribution in [3.8, 4) is 11.3 Å². The number of aromatic amines is 1. The highest BCUT2D eigenvalue weighted by atomic mass is 19.1. The molecule has 2 aromatic rings. The third-order valence-electron chi connectivity index (χ3n) is 5.00. The van der Waals surface area contributed by atoms with Gasteiger partial charge in [0.25, 0.3) is 5.91 Å². The van der Waals surface area contributed by atoms with Gasteiger partial charge in [-0.3, -0.25) is 14.9 Å². The normalized spacial score (nSPS) is 19.1. The van der Waals surface area contributed by atoms with Crippen molar-refractivity contribution in [3.63, 3.8) is 0 Å². The van der Waals surface area contributed by atoms with E-state index in [2.05, 4.69) is 15.2 Å². The molecule has 0 atom stereocenters. The first-order valence-electron chi connectivity index (χ1n) is 8.09.